The highest BCUT2D eigenvalue weighted by Gasteiger charge is 2.13. The van der Waals surface area contributed by atoms with Gasteiger partial charge in [-0.2, -0.15) is 0 Å². The Bertz CT molecular complexity index is 1420. The van der Waals surface area contributed by atoms with Crippen LogP contribution >= 0.6 is 0 Å². The maximum absolute atomic E-state index is 5.21. The molecule has 6 rings (SSSR count). The predicted molar refractivity (Wildman–Crippen MR) is 132 cm³/mol. The quantitative estimate of drug-likeness (QED) is 0.213. The summed E-state index contributed by atoms with van der Waals surface area (Å²) in [6.07, 6.45) is 11.0. The van der Waals surface area contributed by atoms with Crippen molar-refractivity contribution in [2.24, 2.45) is 0 Å². The van der Waals surface area contributed by atoms with E-state index in [-0.39, 0.29) is 0 Å². The number of rotatable bonds is 1. The SMILES string of the molecule is C#CCc1ccc2ccccc2n1.c1ccc2c(c1)ccc1c3c(ccc12)CCCC3. The van der Waals surface area contributed by atoms with Gasteiger partial charge in [-0.05, 0) is 70.5 Å². The van der Waals surface area contributed by atoms with E-state index in [1.807, 2.05) is 30.3 Å². The Balaban J connectivity index is 0.000000140. The Morgan fingerprint density at radius 1 is 0.677 bits per heavy atom. The van der Waals surface area contributed by atoms with Crippen molar-refractivity contribution in [2.75, 3.05) is 0 Å². The summed E-state index contributed by atoms with van der Waals surface area (Å²) >= 11 is 0. The number of pyridine rings is 1. The Morgan fingerprint density at radius 3 is 2.32 bits per heavy atom. The van der Waals surface area contributed by atoms with Crippen molar-refractivity contribution < 1.29 is 0 Å². The molecule has 0 fully saturated rings. The van der Waals surface area contributed by atoms with E-state index >= 15 is 0 Å². The molecule has 31 heavy (non-hydrogen) atoms. The Hall–Kier alpha value is -3.63. The minimum atomic E-state index is 0.602. The van der Waals surface area contributed by atoms with Crippen LogP contribution in [-0.4, -0.2) is 4.98 Å². The average molecular weight is 400 g/mol. The number of para-hydroxylation sites is 1. The molecular formula is C30H25N. The van der Waals surface area contributed by atoms with E-state index in [1.165, 1.54) is 47.2 Å². The second kappa shape index (κ2) is 8.62. The van der Waals surface area contributed by atoms with Crippen LogP contribution in [0.3, 0.4) is 0 Å². The van der Waals surface area contributed by atoms with Gasteiger partial charge in [0.2, 0.25) is 0 Å². The fraction of sp³-hybridized carbons (Fsp3) is 0.167. The van der Waals surface area contributed by atoms with Crippen LogP contribution in [0, 0.1) is 12.3 Å². The number of hydrogen-bond donors (Lipinski definition) is 0. The topological polar surface area (TPSA) is 12.9 Å². The Kier molecular flexibility index (Phi) is 5.38. The van der Waals surface area contributed by atoms with Crippen LogP contribution in [0.5, 0.6) is 0 Å². The van der Waals surface area contributed by atoms with Crippen LogP contribution in [-0.2, 0) is 19.3 Å². The lowest BCUT2D eigenvalue weighted by Gasteiger charge is -2.18. The molecule has 1 nitrogen and oxygen atoms in total. The first-order chi connectivity index (χ1) is 15.3. The van der Waals surface area contributed by atoms with E-state index in [0.29, 0.717) is 6.42 Å². The van der Waals surface area contributed by atoms with Crippen molar-refractivity contribution in [3.8, 4) is 12.3 Å². The molecule has 0 aliphatic heterocycles. The molecule has 0 atom stereocenters. The molecule has 0 saturated heterocycles. The molecule has 0 radical (unpaired) electrons. The third-order valence-corrected chi connectivity index (χ3v) is 6.20. The first kappa shape index (κ1) is 19.3. The summed E-state index contributed by atoms with van der Waals surface area (Å²) in [5.74, 6) is 2.59. The lowest BCUT2D eigenvalue weighted by atomic mass is 9.86. The normalized spacial score (nSPS) is 12.7. The summed E-state index contributed by atoms with van der Waals surface area (Å²) in [4.78, 5) is 4.42. The van der Waals surface area contributed by atoms with Crippen LogP contribution in [0.25, 0.3) is 32.4 Å². The van der Waals surface area contributed by atoms with Crippen LogP contribution < -0.4 is 0 Å². The first-order valence-electron chi connectivity index (χ1n) is 11.0. The number of benzene rings is 4. The van der Waals surface area contributed by atoms with Gasteiger partial charge >= 0.3 is 0 Å². The van der Waals surface area contributed by atoms with Crippen LogP contribution in [0.1, 0.15) is 29.7 Å². The lowest BCUT2D eigenvalue weighted by Crippen LogP contribution is -2.02. The van der Waals surface area contributed by atoms with Gasteiger partial charge in [0.05, 0.1) is 17.6 Å². The maximum Gasteiger partial charge on any atom is 0.0705 e. The van der Waals surface area contributed by atoms with Gasteiger partial charge in [-0.25, -0.2) is 0 Å². The molecular weight excluding hydrogens is 374 g/mol. The van der Waals surface area contributed by atoms with Gasteiger partial charge in [-0.15, -0.1) is 12.3 Å². The summed E-state index contributed by atoms with van der Waals surface area (Å²) in [7, 11) is 0. The van der Waals surface area contributed by atoms with Crippen molar-refractivity contribution in [3.63, 3.8) is 0 Å². The third kappa shape index (κ3) is 3.90. The van der Waals surface area contributed by atoms with E-state index in [9.17, 15) is 0 Å². The second-order valence-electron chi connectivity index (χ2n) is 8.17. The zero-order valence-corrected chi connectivity index (χ0v) is 17.6. The molecule has 1 aliphatic rings. The van der Waals surface area contributed by atoms with Gasteiger partial charge in [-0.3, -0.25) is 4.98 Å². The molecule has 0 bridgehead atoms. The van der Waals surface area contributed by atoms with Crippen LogP contribution in [0.4, 0.5) is 0 Å². The molecule has 0 unspecified atom stereocenters. The zero-order valence-electron chi connectivity index (χ0n) is 17.6. The minimum absolute atomic E-state index is 0.602. The summed E-state index contributed by atoms with van der Waals surface area (Å²) in [5, 5.41) is 6.80. The standard InChI is InChI=1S/C18H16.C12H9N/c1-3-7-15-13(5-1)9-11-18-16-8-4-2-6-14(16)10-12-17(15)18;1-2-5-11-9-8-10-6-3-4-7-12(10)13-11/h1,3,5,7,9-12H,2,4,6,8H2;1,3-4,6-9H,5H2. The summed E-state index contributed by atoms with van der Waals surface area (Å²) in [6, 6.07) is 30.0. The summed E-state index contributed by atoms with van der Waals surface area (Å²) < 4.78 is 0. The number of nitrogens with zero attached hydrogens (tertiary/aromatic N) is 1. The van der Waals surface area contributed by atoms with E-state index in [1.54, 1.807) is 11.1 Å². The smallest absolute Gasteiger partial charge is 0.0705 e. The van der Waals surface area contributed by atoms with Crippen molar-refractivity contribution in [1.82, 2.24) is 4.98 Å². The molecule has 0 amide bonds. The fourth-order valence-electron chi connectivity index (χ4n) is 4.65. The highest BCUT2D eigenvalue weighted by Crippen LogP contribution is 2.33. The highest BCUT2D eigenvalue weighted by molar-refractivity contribution is 6.08. The predicted octanol–water partition coefficient (Wildman–Crippen LogP) is 7.28. The van der Waals surface area contributed by atoms with Gasteiger partial charge in [0.1, 0.15) is 0 Å². The molecule has 0 saturated carbocycles. The number of terminal acetylenes is 1. The number of aryl methyl sites for hydroxylation is 2. The molecule has 1 heteroatoms. The van der Waals surface area contributed by atoms with Gasteiger partial charge in [0.15, 0.2) is 0 Å². The number of fused-ring (bicyclic) bond motifs is 6. The second-order valence-corrected chi connectivity index (χ2v) is 8.17. The van der Waals surface area contributed by atoms with Gasteiger partial charge in [-0.1, -0.05) is 72.8 Å². The maximum atomic E-state index is 5.21. The molecule has 0 N–H and O–H groups in total. The van der Waals surface area contributed by atoms with E-state index in [2.05, 4.69) is 65.5 Å². The summed E-state index contributed by atoms with van der Waals surface area (Å²) in [6.45, 7) is 0. The Labute approximate surface area is 183 Å². The Morgan fingerprint density at radius 2 is 1.42 bits per heavy atom. The molecule has 1 heterocycles. The average Bonchev–Trinajstić information content (AvgIpc) is 2.84. The first-order valence-corrected chi connectivity index (χ1v) is 11.0. The van der Waals surface area contributed by atoms with Crippen molar-refractivity contribution in [1.29, 1.82) is 0 Å². The van der Waals surface area contributed by atoms with Crippen LogP contribution in [0.15, 0.2) is 84.9 Å². The lowest BCUT2D eigenvalue weighted by molar-refractivity contribution is 0.690. The fourth-order valence-corrected chi connectivity index (χ4v) is 4.65. The molecule has 4 aromatic carbocycles. The van der Waals surface area contributed by atoms with Gasteiger partial charge < -0.3 is 0 Å². The molecule has 1 aliphatic carbocycles. The van der Waals surface area contributed by atoms with E-state index in [0.717, 1.165) is 16.6 Å². The van der Waals surface area contributed by atoms with E-state index < -0.39 is 0 Å². The number of aromatic nitrogens is 1. The van der Waals surface area contributed by atoms with Gasteiger partial charge in [0.25, 0.3) is 0 Å². The monoisotopic (exact) mass is 399 g/mol. The molecule has 1 aromatic heterocycles. The molecule has 5 aromatic rings. The number of hydrogen-bond acceptors (Lipinski definition) is 1. The highest BCUT2D eigenvalue weighted by atomic mass is 14.7. The van der Waals surface area contributed by atoms with Crippen LogP contribution in [0.2, 0.25) is 0 Å². The summed E-state index contributed by atoms with van der Waals surface area (Å²) in [5.41, 5.74) is 5.14. The zero-order chi connectivity index (χ0) is 21.0. The molecule has 150 valence electrons. The third-order valence-electron chi connectivity index (χ3n) is 6.20. The van der Waals surface area contributed by atoms with Crippen molar-refractivity contribution in [2.45, 2.75) is 32.1 Å². The van der Waals surface area contributed by atoms with Crippen molar-refractivity contribution in [3.05, 3.63) is 102 Å². The van der Waals surface area contributed by atoms with E-state index in [4.69, 9.17) is 6.42 Å². The largest absolute Gasteiger partial charge is 0.252 e. The van der Waals surface area contributed by atoms with Crippen molar-refractivity contribution >= 4 is 32.4 Å². The minimum Gasteiger partial charge on any atom is -0.252 e. The molecule has 0 spiro atoms. The van der Waals surface area contributed by atoms with Gasteiger partial charge in [0, 0.05) is 5.39 Å².